The number of nitrogens with one attached hydrogen (secondary N) is 1. The van der Waals surface area contributed by atoms with Crippen LogP contribution in [0.15, 0.2) is 72.8 Å². The summed E-state index contributed by atoms with van der Waals surface area (Å²) in [6.45, 7) is 0. The zero-order valence-corrected chi connectivity index (χ0v) is 18.9. The number of halogens is 1. The zero-order valence-electron chi connectivity index (χ0n) is 16.5. The van der Waals surface area contributed by atoms with E-state index in [0.29, 0.717) is 28.0 Å². The lowest BCUT2D eigenvalue weighted by atomic mass is 10.1. The maximum Gasteiger partial charge on any atom is 0.238 e. The summed E-state index contributed by atoms with van der Waals surface area (Å²) in [6, 6.07) is 21.4. The summed E-state index contributed by atoms with van der Waals surface area (Å²) >= 11 is 7.40. The first-order chi connectivity index (χ1) is 14.8. The molecule has 160 valence electrons. The van der Waals surface area contributed by atoms with Crippen molar-refractivity contribution in [3.8, 4) is 11.5 Å². The highest BCUT2D eigenvalue weighted by molar-refractivity contribution is 8.00. The summed E-state index contributed by atoms with van der Waals surface area (Å²) in [5.41, 5.74) is 2.04. The summed E-state index contributed by atoms with van der Waals surface area (Å²) < 4.78 is 31.4. The highest BCUT2D eigenvalue weighted by Crippen LogP contribution is 2.42. The standard InChI is InChI=1S/C22H19ClN2O4S2/c1-31(27,28)24-17-4-2-3-15(13-17)22-25(21(26)14-30-22)18-7-11-20(12-8-18)29-19-9-5-16(23)6-10-19/h2-13,22,24H,14H2,1H3. The molecule has 0 bridgehead atoms. The average Bonchev–Trinajstić information content (AvgIpc) is 3.11. The van der Waals surface area contributed by atoms with Crippen LogP contribution >= 0.6 is 23.4 Å². The van der Waals surface area contributed by atoms with Crippen LogP contribution in [-0.2, 0) is 14.8 Å². The quantitative estimate of drug-likeness (QED) is 0.525. The van der Waals surface area contributed by atoms with Crippen LogP contribution in [0.3, 0.4) is 0 Å². The Balaban J connectivity index is 1.55. The molecule has 0 aromatic heterocycles. The summed E-state index contributed by atoms with van der Waals surface area (Å²) in [7, 11) is -3.39. The molecule has 6 nitrogen and oxygen atoms in total. The Labute approximate surface area is 190 Å². The van der Waals surface area contributed by atoms with Gasteiger partial charge in [0.1, 0.15) is 16.9 Å². The van der Waals surface area contributed by atoms with Gasteiger partial charge in [0, 0.05) is 16.4 Å². The lowest BCUT2D eigenvalue weighted by Gasteiger charge is -2.25. The normalized spacial score (nSPS) is 16.4. The van der Waals surface area contributed by atoms with Gasteiger partial charge in [-0.05, 0) is 66.2 Å². The second kappa shape index (κ2) is 8.82. The predicted molar refractivity (Wildman–Crippen MR) is 126 cm³/mol. The van der Waals surface area contributed by atoms with Crippen molar-refractivity contribution in [2.45, 2.75) is 5.37 Å². The number of benzene rings is 3. The maximum atomic E-state index is 12.6. The molecule has 0 radical (unpaired) electrons. The van der Waals surface area contributed by atoms with Gasteiger partial charge in [-0.1, -0.05) is 23.7 Å². The molecule has 0 saturated carbocycles. The van der Waals surface area contributed by atoms with E-state index in [0.717, 1.165) is 17.5 Å². The van der Waals surface area contributed by atoms with Crippen molar-refractivity contribution in [2.75, 3.05) is 21.6 Å². The number of amides is 1. The molecule has 0 spiro atoms. The van der Waals surface area contributed by atoms with E-state index < -0.39 is 10.0 Å². The molecule has 0 aliphatic carbocycles. The Morgan fingerprint density at radius 3 is 2.32 bits per heavy atom. The molecule has 1 aliphatic heterocycles. The third-order valence-electron chi connectivity index (χ3n) is 4.51. The SMILES string of the molecule is CS(=O)(=O)Nc1cccc(C2SCC(=O)N2c2ccc(Oc3ccc(Cl)cc3)cc2)c1. The number of ether oxygens (including phenoxy) is 1. The van der Waals surface area contributed by atoms with Gasteiger partial charge in [-0.25, -0.2) is 8.42 Å². The van der Waals surface area contributed by atoms with Crippen molar-refractivity contribution in [3.63, 3.8) is 0 Å². The summed E-state index contributed by atoms with van der Waals surface area (Å²) in [4.78, 5) is 14.3. The molecule has 9 heteroatoms. The largest absolute Gasteiger partial charge is 0.457 e. The Hall–Kier alpha value is -2.68. The van der Waals surface area contributed by atoms with Gasteiger partial charge in [-0.3, -0.25) is 14.4 Å². The van der Waals surface area contributed by atoms with Crippen LogP contribution in [0.4, 0.5) is 11.4 Å². The topological polar surface area (TPSA) is 75.7 Å². The predicted octanol–water partition coefficient (Wildman–Crippen LogP) is 5.28. The van der Waals surface area contributed by atoms with Gasteiger partial charge in [0.2, 0.25) is 15.9 Å². The number of anilines is 2. The molecule has 31 heavy (non-hydrogen) atoms. The molecule has 4 rings (SSSR count). The minimum absolute atomic E-state index is 0.0113. The molecular weight excluding hydrogens is 456 g/mol. The number of thioether (sulfide) groups is 1. The smallest absolute Gasteiger partial charge is 0.238 e. The lowest BCUT2D eigenvalue weighted by Crippen LogP contribution is -2.27. The third kappa shape index (κ3) is 5.33. The molecule has 1 heterocycles. The molecular formula is C22H19ClN2O4S2. The van der Waals surface area contributed by atoms with Crippen molar-refractivity contribution < 1.29 is 17.9 Å². The van der Waals surface area contributed by atoms with Crippen LogP contribution in [0, 0.1) is 0 Å². The van der Waals surface area contributed by atoms with Crippen LogP contribution in [0.1, 0.15) is 10.9 Å². The van der Waals surface area contributed by atoms with Gasteiger partial charge in [0.25, 0.3) is 0 Å². The fourth-order valence-electron chi connectivity index (χ4n) is 3.23. The maximum absolute atomic E-state index is 12.6. The van der Waals surface area contributed by atoms with E-state index in [-0.39, 0.29) is 11.3 Å². The van der Waals surface area contributed by atoms with E-state index in [1.54, 1.807) is 59.5 Å². The summed E-state index contributed by atoms with van der Waals surface area (Å²) in [5.74, 6) is 1.64. The van der Waals surface area contributed by atoms with Crippen LogP contribution in [0.5, 0.6) is 11.5 Å². The minimum atomic E-state index is -3.39. The van der Waals surface area contributed by atoms with E-state index in [1.807, 2.05) is 18.2 Å². The molecule has 1 N–H and O–H groups in total. The van der Waals surface area contributed by atoms with Crippen molar-refractivity contribution in [2.24, 2.45) is 0 Å². The summed E-state index contributed by atoms with van der Waals surface area (Å²) in [6.07, 6.45) is 1.10. The molecule has 1 amide bonds. The van der Waals surface area contributed by atoms with E-state index >= 15 is 0 Å². The van der Waals surface area contributed by atoms with Gasteiger partial charge >= 0.3 is 0 Å². The van der Waals surface area contributed by atoms with E-state index in [1.165, 1.54) is 11.8 Å². The van der Waals surface area contributed by atoms with Crippen LogP contribution in [0.25, 0.3) is 0 Å². The van der Waals surface area contributed by atoms with Crippen LogP contribution < -0.4 is 14.4 Å². The van der Waals surface area contributed by atoms with Crippen molar-refractivity contribution in [1.82, 2.24) is 0 Å². The molecule has 1 unspecified atom stereocenters. The van der Waals surface area contributed by atoms with Crippen molar-refractivity contribution in [1.29, 1.82) is 0 Å². The molecule has 1 atom stereocenters. The fraction of sp³-hybridized carbons (Fsp3) is 0.136. The van der Waals surface area contributed by atoms with Gasteiger partial charge in [0.15, 0.2) is 0 Å². The number of carbonyl (C=O) groups excluding carboxylic acids is 1. The first-order valence-electron chi connectivity index (χ1n) is 9.33. The van der Waals surface area contributed by atoms with Crippen molar-refractivity contribution >= 4 is 50.7 Å². The number of nitrogens with zero attached hydrogens (tertiary/aromatic N) is 1. The number of carbonyl (C=O) groups is 1. The van der Waals surface area contributed by atoms with Gasteiger partial charge < -0.3 is 4.74 Å². The average molecular weight is 475 g/mol. The fourth-order valence-corrected chi connectivity index (χ4v) is 5.08. The van der Waals surface area contributed by atoms with E-state index in [2.05, 4.69) is 4.72 Å². The Morgan fingerprint density at radius 1 is 1.03 bits per heavy atom. The Kier molecular flexibility index (Phi) is 6.13. The molecule has 3 aromatic carbocycles. The minimum Gasteiger partial charge on any atom is -0.457 e. The van der Waals surface area contributed by atoms with Crippen LogP contribution in [0.2, 0.25) is 5.02 Å². The number of hydrogen-bond donors (Lipinski definition) is 1. The van der Waals surface area contributed by atoms with E-state index in [4.69, 9.17) is 16.3 Å². The van der Waals surface area contributed by atoms with Gasteiger partial charge in [0.05, 0.1) is 12.0 Å². The van der Waals surface area contributed by atoms with Crippen LogP contribution in [-0.4, -0.2) is 26.3 Å². The second-order valence-corrected chi connectivity index (χ2v) is 10.2. The highest BCUT2D eigenvalue weighted by Gasteiger charge is 2.34. The first kappa shape index (κ1) is 21.5. The van der Waals surface area contributed by atoms with Crippen molar-refractivity contribution in [3.05, 3.63) is 83.4 Å². The highest BCUT2D eigenvalue weighted by atomic mass is 35.5. The Morgan fingerprint density at radius 2 is 1.68 bits per heavy atom. The lowest BCUT2D eigenvalue weighted by molar-refractivity contribution is -0.115. The Bertz CT molecular complexity index is 1200. The van der Waals surface area contributed by atoms with Gasteiger partial charge in [-0.2, -0.15) is 0 Å². The molecule has 1 aliphatic rings. The number of sulfonamides is 1. The zero-order chi connectivity index (χ0) is 22.0. The third-order valence-corrected chi connectivity index (χ3v) is 6.58. The summed E-state index contributed by atoms with van der Waals surface area (Å²) in [5, 5.41) is 0.381. The monoisotopic (exact) mass is 474 g/mol. The van der Waals surface area contributed by atoms with E-state index in [9.17, 15) is 13.2 Å². The molecule has 1 fully saturated rings. The van der Waals surface area contributed by atoms with Gasteiger partial charge in [-0.15, -0.1) is 11.8 Å². The first-order valence-corrected chi connectivity index (χ1v) is 12.7. The number of hydrogen-bond acceptors (Lipinski definition) is 5. The number of rotatable bonds is 6. The molecule has 1 saturated heterocycles. The second-order valence-electron chi connectivity index (χ2n) is 6.98. The molecule has 3 aromatic rings.